The monoisotopic (exact) mass is 404 g/mol. The van der Waals surface area contributed by atoms with Crippen LogP contribution < -0.4 is 4.90 Å². The Balaban J connectivity index is 1.59. The SMILES string of the molecule is O=C(OCc1ccccc1)N1CCN(c2ccc(Br)cc2)C[C@@H]1CO. The largest absolute Gasteiger partial charge is 0.445 e. The first kappa shape index (κ1) is 17.8. The number of carbonyl (C=O) groups excluding carboxylic acids is 1. The summed E-state index contributed by atoms with van der Waals surface area (Å²) in [6.07, 6.45) is -0.377. The van der Waals surface area contributed by atoms with E-state index in [9.17, 15) is 9.90 Å². The molecule has 1 aliphatic heterocycles. The number of benzene rings is 2. The van der Waals surface area contributed by atoms with Crippen LogP contribution in [0.5, 0.6) is 0 Å². The minimum atomic E-state index is -0.377. The Hall–Kier alpha value is -2.05. The third-order valence-corrected chi connectivity index (χ3v) is 4.85. The molecule has 0 saturated carbocycles. The van der Waals surface area contributed by atoms with Gasteiger partial charge in [-0.2, -0.15) is 0 Å². The number of hydrogen-bond acceptors (Lipinski definition) is 4. The lowest BCUT2D eigenvalue weighted by molar-refractivity contribution is 0.0597. The van der Waals surface area contributed by atoms with Crippen LogP contribution in [0.4, 0.5) is 10.5 Å². The second kappa shape index (κ2) is 8.36. The Labute approximate surface area is 155 Å². The van der Waals surface area contributed by atoms with Gasteiger partial charge in [-0.3, -0.25) is 4.90 Å². The number of hydrogen-bond donors (Lipinski definition) is 1. The summed E-state index contributed by atoms with van der Waals surface area (Å²) in [5.41, 5.74) is 2.03. The van der Waals surface area contributed by atoms with Crippen LogP contribution in [0.3, 0.4) is 0 Å². The summed E-state index contributed by atoms with van der Waals surface area (Å²) in [7, 11) is 0. The summed E-state index contributed by atoms with van der Waals surface area (Å²) in [6.45, 7) is 1.96. The van der Waals surface area contributed by atoms with Gasteiger partial charge in [-0.25, -0.2) is 4.79 Å². The fraction of sp³-hybridized carbons (Fsp3) is 0.316. The van der Waals surface area contributed by atoms with E-state index in [0.717, 1.165) is 15.7 Å². The van der Waals surface area contributed by atoms with Crippen LogP contribution in [-0.4, -0.2) is 48.4 Å². The number of aliphatic hydroxyl groups excluding tert-OH is 1. The third kappa shape index (κ3) is 4.52. The van der Waals surface area contributed by atoms with Gasteiger partial charge < -0.3 is 14.7 Å². The molecular weight excluding hydrogens is 384 g/mol. The van der Waals surface area contributed by atoms with Crippen LogP contribution in [0.1, 0.15) is 5.56 Å². The zero-order valence-corrected chi connectivity index (χ0v) is 15.4. The van der Waals surface area contributed by atoms with E-state index in [1.54, 1.807) is 4.90 Å². The van der Waals surface area contributed by atoms with Crippen molar-refractivity contribution in [1.82, 2.24) is 4.90 Å². The lowest BCUT2D eigenvalue weighted by atomic mass is 10.1. The Morgan fingerprint density at radius 2 is 1.84 bits per heavy atom. The van der Waals surface area contributed by atoms with E-state index in [0.29, 0.717) is 19.6 Å². The molecule has 0 aliphatic carbocycles. The number of ether oxygens (including phenoxy) is 1. The summed E-state index contributed by atoms with van der Waals surface area (Å²) in [4.78, 5) is 16.2. The van der Waals surface area contributed by atoms with Crippen molar-refractivity contribution in [2.24, 2.45) is 0 Å². The van der Waals surface area contributed by atoms with E-state index in [-0.39, 0.29) is 25.3 Å². The molecule has 2 aromatic carbocycles. The third-order valence-electron chi connectivity index (χ3n) is 4.32. The van der Waals surface area contributed by atoms with Crippen molar-refractivity contribution in [3.63, 3.8) is 0 Å². The minimum absolute atomic E-state index is 0.0898. The van der Waals surface area contributed by atoms with Crippen LogP contribution in [0.15, 0.2) is 59.1 Å². The van der Waals surface area contributed by atoms with E-state index in [2.05, 4.69) is 20.8 Å². The number of rotatable bonds is 4. The van der Waals surface area contributed by atoms with E-state index in [1.165, 1.54) is 0 Å². The zero-order chi connectivity index (χ0) is 17.6. The maximum absolute atomic E-state index is 12.4. The van der Waals surface area contributed by atoms with Crippen molar-refractivity contribution >= 4 is 27.7 Å². The molecule has 1 N–H and O–H groups in total. The van der Waals surface area contributed by atoms with Crippen molar-refractivity contribution in [2.45, 2.75) is 12.6 Å². The van der Waals surface area contributed by atoms with Crippen LogP contribution >= 0.6 is 15.9 Å². The molecule has 1 atom stereocenters. The maximum atomic E-state index is 12.4. The van der Waals surface area contributed by atoms with Crippen molar-refractivity contribution in [3.05, 3.63) is 64.6 Å². The van der Waals surface area contributed by atoms with Crippen LogP contribution in [-0.2, 0) is 11.3 Å². The fourth-order valence-electron chi connectivity index (χ4n) is 2.94. The van der Waals surface area contributed by atoms with E-state index in [4.69, 9.17) is 4.74 Å². The predicted octanol–water partition coefficient (Wildman–Crippen LogP) is 3.27. The summed E-state index contributed by atoms with van der Waals surface area (Å²) in [5.74, 6) is 0. The van der Waals surface area contributed by atoms with Gasteiger partial charge in [-0.15, -0.1) is 0 Å². The predicted molar refractivity (Wildman–Crippen MR) is 101 cm³/mol. The van der Waals surface area contributed by atoms with Gasteiger partial charge in [0.1, 0.15) is 6.61 Å². The molecule has 1 fully saturated rings. The highest BCUT2D eigenvalue weighted by Gasteiger charge is 2.31. The molecule has 0 radical (unpaired) electrons. The quantitative estimate of drug-likeness (QED) is 0.849. The molecule has 0 spiro atoms. The number of piperazine rings is 1. The van der Waals surface area contributed by atoms with Gasteiger partial charge in [0.15, 0.2) is 0 Å². The van der Waals surface area contributed by atoms with E-state index in [1.807, 2.05) is 54.6 Å². The number of amides is 1. The molecule has 0 aromatic heterocycles. The van der Waals surface area contributed by atoms with Crippen LogP contribution in [0.2, 0.25) is 0 Å². The smallest absolute Gasteiger partial charge is 0.410 e. The molecule has 3 rings (SSSR count). The zero-order valence-electron chi connectivity index (χ0n) is 13.8. The minimum Gasteiger partial charge on any atom is -0.445 e. The van der Waals surface area contributed by atoms with Gasteiger partial charge >= 0.3 is 6.09 Å². The Morgan fingerprint density at radius 1 is 1.12 bits per heavy atom. The topological polar surface area (TPSA) is 53.0 Å². The molecule has 5 nitrogen and oxygen atoms in total. The first-order chi connectivity index (χ1) is 12.2. The number of anilines is 1. The van der Waals surface area contributed by atoms with Crippen LogP contribution in [0.25, 0.3) is 0 Å². The first-order valence-electron chi connectivity index (χ1n) is 8.26. The lowest BCUT2D eigenvalue weighted by Crippen LogP contribution is -2.56. The van der Waals surface area contributed by atoms with Crippen molar-refractivity contribution < 1.29 is 14.6 Å². The summed E-state index contributed by atoms with van der Waals surface area (Å²) < 4.78 is 6.43. The highest BCUT2D eigenvalue weighted by Crippen LogP contribution is 2.22. The number of aliphatic hydroxyl groups is 1. The van der Waals surface area contributed by atoms with E-state index >= 15 is 0 Å². The van der Waals surface area contributed by atoms with Crippen LogP contribution in [0, 0.1) is 0 Å². The molecule has 6 heteroatoms. The van der Waals surface area contributed by atoms with E-state index < -0.39 is 0 Å². The average molecular weight is 405 g/mol. The molecule has 25 heavy (non-hydrogen) atoms. The molecule has 1 aliphatic rings. The first-order valence-corrected chi connectivity index (χ1v) is 9.05. The van der Waals surface area contributed by atoms with Crippen molar-refractivity contribution in [3.8, 4) is 0 Å². The van der Waals surface area contributed by atoms with Crippen molar-refractivity contribution in [2.75, 3.05) is 31.1 Å². The Morgan fingerprint density at radius 3 is 2.52 bits per heavy atom. The summed E-state index contributed by atoms with van der Waals surface area (Å²) >= 11 is 3.43. The molecule has 2 aromatic rings. The lowest BCUT2D eigenvalue weighted by Gasteiger charge is -2.41. The number of halogens is 1. The molecule has 0 bridgehead atoms. The van der Waals surface area contributed by atoms with Crippen molar-refractivity contribution in [1.29, 1.82) is 0 Å². The number of carbonyl (C=O) groups is 1. The maximum Gasteiger partial charge on any atom is 0.410 e. The Kier molecular flexibility index (Phi) is 5.94. The molecular formula is C19H21BrN2O3. The molecule has 1 heterocycles. The molecule has 132 valence electrons. The highest BCUT2D eigenvalue weighted by molar-refractivity contribution is 9.10. The Bertz CT molecular complexity index is 694. The van der Waals surface area contributed by atoms with Gasteiger partial charge in [-0.05, 0) is 29.8 Å². The summed E-state index contributed by atoms with van der Waals surface area (Å²) in [5, 5.41) is 9.72. The molecule has 1 saturated heterocycles. The van der Waals surface area contributed by atoms with Gasteiger partial charge in [-0.1, -0.05) is 46.3 Å². The highest BCUT2D eigenvalue weighted by atomic mass is 79.9. The molecule has 0 unspecified atom stereocenters. The van der Waals surface area contributed by atoms with Gasteiger partial charge in [0.25, 0.3) is 0 Å². The standard InChI is InChI=1S/C19H21BrN2O3/c20-16-6-8-17(9-7-16)21-10-11-22(18(12-21)13-23)19(24)25-14-15-4-2-1-3-5-15/h1-9,18,23H,10-14H2/t18-/m1/s1. The average Bonchev–Trinajstić information content (AvgIpc) is 2.67. The van der Waals surface area contributed by atoms with Gasteiger partial charge in [0, 0.05) is 29.8 Å². The van der Waals surface area contributed by atoms with Gasteiger partial charge in [0.05, 0.1) is 12.6 Å². The molecule has 1 amide bonds. The normalized spacial score (nSPS) is 17.4. The second-order valence-electron chi connectivity index (χ2n) is 5.99. The second-order valence-corrected chi connectivity index (χ2v) is 6.91. The summed E-state index contributed by atoms with van der Waals surface area (Å²) in [6, 6.07) is 17.4. The fourth-order valence-corrected chi connectivity index (χ4v) is 3.20. The number of nitrogens with zero attached hydrogens (tertiary/aromatic N) is 2. The van der Waals surface area contributed by atoms with Gasteiger partial charge in [0.2, 0.25) is 0 Å².